The van der Waals surface area contributed by atoms with Gasteiger partial charge in [0, 0.05) is 0 Å². The minimum absolute atomic E-state index is 4.28. The second-order valence-electron chi connectivity index (χ2n) is 3.58. The zero-order valence-corrected chi connectivity index (χ0v) is 9.68. The van der Waals surface area contributed by atoms with Gasteiger partial charge in [0.1, 0.15) is 0 Å². The van der Waals surface area contributed by atoms with E-state index >= 15 is 0 Å². The molecule has 0 bridgehead atoms. The summed E-state index contributed by atoms with van der Waals surface area (Å²) in [5.41, 5.74) is 0. The lowest BCUT2D eigenvalue weighted by Crippen LogP contribution is -2.72. The van der Waals surface area contributed by atoms with Gasteiger partial charge >= 0.3 is 42.3 Å². The molecule has 0 N–H and O–H groups in total. The SMILES string of the molecule is O=C(F)C(F)(F)C(F)(F)N(C(F)(F)F)C(F)(F)C(F)(F)C(=O)F. The number of carbonyl (C=O) groups excluding carboxylic acids is 2. The first kappa shape index (κ1) is 21.4. The summed E-state index contributed by atoms with van der Waals surface area (Å²) in [6.07, 6.45) is -7.50. The molecule has 3 nitrogen and oxygen atoms in total. The molecular formula is C7F13NO2. The number of nitrogens with zero attached hydrogens (tertiary/aromatic N) is 1. The molecule has 0 spiro atoms. The highest BCUT2D eigenvalue weighted by Crippen LogP contribution is 2.52. The number of halogens is 13. The van der Waals surface area contributed by atoms with E-state index in [1.165, 1.54) is 0 Å². The third kappa shape index (κ3) is 3.20. The average Bonchev–Trinajstić information content (AvgIpc) is 2.24. The summed E-state index contributed by atoms with van der Waals surface area (Å²) < 4.78 is 161. The smallest absolute Gasteiger partial charge is 0.254 e. The Balaban J connectivity index is 6.54. The highest BCUT2D eigenvalue weighted by Gasteiger charge is 2.83. The summed E-state index contributed by atoms with van der Waals surface area (Å²) in [7, 11) is 0. The van der Waals surface area contributed by atoms with E-state index < -0.39 is 47.2 Å². The van der Waals surface area contributed by atoms with Crippen LogP contribution in [0.15, 0.2) is 0 Å². The van der Waals surface area contributed by atoms with Crippen molar-refractivity contribution < 1.29 is 66.7 Å². The van der Waals surface area contributed by atoms with Gasteiger partial charge in [0.2, 0.25) is 0 Å². The van der Waals surface area contributed by atoms with Crippen molar-refractivity contribution in [2.75, 3.05) is 0 Å². The highest BCUT2D eigenvalue weighted by atomic mass is 19.4. The van der Waals surface area contributed by atoms with Crippen LogP contribution in [-0.4, -0.2) is 47.2 Å². The summed E-state index contributed by atoms with van der Waals surface area (Å²) in [4.78, 5) is 14.9. The molecule has 0 unspecified atom stereocenters. The summed E-state index contributed by atoms with van der Waals surface area (Å²) in [5.74, 6) is -14.4. The Labute approximate surface area is 115 Å². The average molecular weight is 377 g/mol. The molecule has 23 heavy (non-hydrogen) atoms. The van der Waals surface area contributed by atoms with E-state index in [9.17, 15) is 66.7 Å². The van der Waals surface area contributed by atoms with Crippen LogP contribution in [0.25, 0.3) is 0 Å². The molecule has 0 aliphatic heterocycles. The number of carbonyl (C=O) groups is 2. The van der Waals surface area contributed by atoms with Crippen molar-refractivity contribution >= 4 is 12.1 Å². The fraction of sp³-hybridized carbons (Fsp3) is 0.714. The maximum absolute atomic E-state index is 12.9. The van der Waals surface area contributed by atoms with E-state index in [2.05, 4.69) is 0 Å². The van der Waals surface area contributed by atoms with Crippen molar-refractivity contribution in [1.82, 2.24) is 4.90 Å². The first-order valence-corrected chi connectivity index (χ1v) is 4.54. The molecule has 0 amide bonds. The van der Waals surface area contributed by atoms with Crippen LogP contribution < -0.4 is 0 Å². The quantitative estimate of drug-likeness (QED) is 0.405. The van der Waals surface area contributed by atoms with E-state index in [-0.39, 0.29) is 0 Å². The topological polar surface area (TPSA) is 37.4 Å². The van der Waals surface area contributed by atoms with Gasteiger partial charge in [-0.05, 0) is 0 Å². The van der Waals surface area contributed by atoms with Gasteiger partial charge in [-0.15, -0.1) is 0 Å². The summed E-state index contributed by atoms with van der Waals surface area (Å²) in [6, 6.07) is -24.5. The minimum atomic E-state index is -7.65. The molecule has 0 aromatic rings. The fourth-order valence-electron chi connectivity index (χ4n) is 1.01. The van der Waals surface area contributed by atoms with Crippen LogP contribution in [0.3, 0.4) is 0 Å². The number of hydrogen-bond acceptors (Lipinski definition) is 3. The van der Waals surface area contributed by atoms with Crippen LogP contribution in [0, 0.1) is 0 Å². The largest absolute Gasteiger partial charge is 0.469 e. The summed E-state index contributed by atoms with van der Waals surface area (Å²) in [6.45, 7) is 0. The number of hydrogen-bond donors (Lipinski definition) is 0. The molecule has 0 rings (SSSR count). The number of alkyl halides is 11. The van der Waals surface area contributed by atoms with Crippen LogP contribution in [0.2, 0.25) is 0 Å². The van der Waals surface area contributed by atoms with Gasteiger partial charge in [-0.3, -0.25) is 9.59 Å². The third-order valence-electron chi connectivity index (χ3n) is 2.06. The molecule has 0 heterocycles. The van der Waals surface area contributed by atoms with E-state index in [0.29, 0.717) is 0 Å². The lowest BCUT2D eigenvalue weighted by molar-refractivity contribution is -0.460. The first-order chi connectivity index (χ1) is 9.75. The zero-order chi connectivity index (χ0) is 19.2. The Morgan fingerprint density at radius 3 is 0.913 bits per heavy atom. The Kier molecular flexibility index (Phi) is 5.10. The van der Waals surface area contributed by atoms with E-state index in [1.54, 1.807) is 0 Å². The number of rotatable bonds is 6. The van der Waals surface area contributed by atoms with Crippen LogP contribution in [-0.2, 0) is 9.59 Å². The molecule has 0 aliphatic carbocycles. The molecule has 0 atom stereocenters. The van der Waals surface area contributed by atoms with Gasteiger partial charge in [-0.1, -0.05) is 4.90 Å². The molecule has 136 valence electrons. The standard InChI is InChI=1S/C7F13NO2/c8-1(22)3(10,11)5(14,15)21(7(18,19)20)6(16,17)4(12,13)2(9)23. The van der Waals surface area contributed by atoms with Gasteiger partial charge in [-0.25, -0.2) is 0 Å². The molecule has 0 aromatic carbocycles. The van der Waals surface area contributed by atoms with Crippen molar-refractivity contribution in [3.63, 3.8) is 0 Å². The van der Waals surface area contributed by atoms with Crippen molar-refractivity contribution in [2.24, 2.45) is 0 Å². The normalized spacial score (nSPS) is 15.0. The lowest BCUT2D eigenvalue weighted by atomic mass is 10.2. The summed E-state index contributed by atoms with van der Waals surface area (Å²) in [5, 5.41) is 0. The van der Waals surface area contributed by atoms with Crippen LogP contribution in [0.5, 0.6) is 0 Å². The van der Waals surface area contributed by atoms with Gasteiger partial charge in [-0.2, -0.15) is 57.1 Å². The van der Waals surface area contributed by atoms with Crippen LogP contribution >= 0.6 is 0 Å². The fourth-order valence-corrected chi connectivity index (χ4v) is 1.01. The maximum atomic E-state index is 12.9. The molecule has 16 heteroatoms. The minimum Gasteiger partial charge on any atom is -0.254 e. The van der Waals surface area contributed by atoms with Crippen molar-refractivity contribution in [3.05, 3.63) is 0 Å². The van der Waals surface area contributed by atoms with Crippen LogP contribution in [0.4, 0.5) is 57.1 Å². The predicted molar refractivity (Wildman–Crippen MR) is 39.9 cm³/mol. The predicted octanol–water partition coefficient (Wildman–Crippen LogP) is 3.26. The lowest BCUT2D eigenvalue weighted by Gasteiger charge is -2.40. The molecule has 0 aromatic heterocycles. The van der Waals surface area contributed by atoms with Gasteiger partial charge in [0.25, 0.3) is 0 Å². The van der Waals surface area contributed by atoms with Gasteiger partial charge in [0.05, 0.1) is 0 Å². The van der Waals surface area contributed by atoms with Crippen molar-refractivity contribution in [3.8, 4) is 0 Å². The Hall–Kier alpha value is -1.61. The molecular weight excluding hydrogens is 377 g/mol. The molecule has 0 aliphatic rings. The third-order valence-corrected chi connectivity index (χ3v) is 2.06. The molecule has 0 saturated heterocycles. The second-order valence-corrected chi connectivity index (χ2v) is 3.58. The Bertz CT molecular complexity index is 457. The highest BCUT2D eigenvalue weighted by molar-refractivity contribution is 5.78. The first-order valence-electron chi connectivity index (χ1n) is 4.54. The molecule has 0 fully saturated rings. The van der Waals surface area contributed by atoms with Crippen molar-refractivity contribution in [1.29, 1.82) is 0 Å². The Morgan fingerprint density at radius 2 is 0.783 bits per heavy atom. The van der Waals surface area contributed by atoms with E-state index in [1.807, 2.05) is 0 Å². The van der Waals surface area contributed by atoms with Crippen molar-refractivity contribution in [2.45, 2.75) is 30.2 Å². The Morgan fingerprint density at radius 1 is 0.565 bits per heavy atom. The molecule has 0 radical (unpaired) electrons. The van der Waals surface area contributed by atoms with Gasteiger partial charge < -0.3 is 0 Å². The molecule has 0 saturated carbocycles. The summed E-state index contributed by atoms with van der Waals surface area (Å²) >= 11 is 0. The van der Waals surface area contributed by atoms with Crippen LogP contribution in [0.1, 0.15) is 0 Å². The van der Waals surface area contributed by atoms with E-state index in [0.717, 1.165) is 0 Å². The van der Waals surface area contributed by atoms with Gasteiger partial charge in [0.15, 0.2) is 0 Å². The second kappa shape index (κ2) is 5.48. The maximum Gasteiger partial charge on any atom is 0.469 e. The van der Waals surface area contributed by atoms with E-state index in [4.69, 9.17) is 0 Å². The monoisotopic (exact) mass is 377 g/mol. The zero-order valence-electron chi connectivity index (χ0n) is 9.68.